The third-order valence-electron chi connectivity index (χ3n) is 7.12. The minimum Gasteiger partial charge on any atom is -0.394 e. The fraction of sp³-hybridized carbons (Fsp3) is 1.00. The van der Waals surface area contributed by atoms with Crippen molar-refractivity contribution < 1.29 is 128 Å². The summed E-state index contributed by atoms with van der Waals surface area (Å²) in [6, 6.07) is 0. The monoisotopic (exact) mass is 952 g/mol. The van der Waals surface area contributed by atoms with E-state index in [2.05, 4.69) is 9.47 Å². The van der Waals surface area contributed by atoms with Crippen molar-refractivity contribution in [3.05, 3.63) is 0 Å². The van der Waals surface area contributed by atoms with Crippen molar-refractivity contribution in [2.45, 2.75) is 36.0 Å². The Morgan fingerprint density at radius 1 is 0.226 bits per heavy atom. The molecule has 15 nitrogen and oxygen atoms in total. The summed E-state index contributed by atoms with van der Waals surface area (Å²) in [5.41, 5.74) is 0. The molecule has 0 aliphatic rings. The van der Waals surface area contributed by atoms with Crippen LogP contribution in [0.5, 0.6) is 0 Å². The summed E-state index contributed by atoms with van der Waals surface area (Å²) >= 11 is 0. The van der Waals surface area contributed by atoms with Gasteiger partial charge in [-0.05, 0) is 0 Å². The average molecular weight is 953 g/mol. The topological polar surface area (TPSA) is 149 Å². The molecule has 0 aromatic carbocycles. The lowest BCUT2D eigenvalue weighted by Crippen LogP contribution is -2.70. The van der Waals surface area contributed by atoms with Crippen LogP contribution in [0, 0.1) is 0 Å². The van der Waals surface area contributed by atoms with Crippen LogP contribution in [0.2, 0.25) is 0 Å². The Morgan fingerprint density at radius 3 is 0.597 bits per heavy atom. The van der Waals surface area contributed by atoms with Gasteiger partial charge in [-0.15, -0.1) is 0 Å². The van der Waals surface area contributed by atoms with Crippen LogP contribution < -0.4 is 0 Å². The Labute approximate surface area is 349 Å². The van der Waals surface area contributed by atoms with Crippen LogP contribution in [0.4, 0.5) is 57.1 Å². The molecule has 0 atom stereocenters. The second-order valence-corrected chi connectivity index (χ2v) is 11.8. The van der Waals surface area contributed by atoms with Gasteiger partial charge in [-0.25, -0.2) is 0 Å². The lowest BCUT2D eigenvalue weighted by atomic mass is 9.97. The summed E-state index contributed by atoms with van der Waals surface area (Å²) < 4.78 is 241. The smallest absolute Gasteiger partial charge is 0.394 e. The van der Waals surface area contributed by atoms with Gasteiger partial charge in [0.2, 0.25) is 0 Å². The van der Waals surface area contributed by atoms with Gasteiger partial charge in [0.1, 0.15) is 0 Å². The largest absolute Gasteiger partial charge is 0.460 e. The van der Waals surface area contributed by atoms with Crippen molar-refractivity contribution in [2.75, 3.05) is 185 Å². The number of hydrogen-bond acceptors (Lipinski definition) is 15. The van der Waals surface area contributed by atoms with Gasteiger partial charge >= 0.3 is 36.0 Å². The van der Waals surface area contributed by atoms with Crippen LogP contribution in [-0.4, -0.2) is 226 Å². The standard InChI is InChI=1S/C34H57F13O15/c35-29(36,31(39,40)33(43,44)45)30(37,38)32(41,42)34(46,47)62-28-27-61-26-25-60-24-23-59-22-21-58-20-19-57-18-17-56-16-15-55-14-13-54-12-11-53-10-9-52-8-7-51-6-5-50-4-3-49-2-1-48/h48H,1-28H2. The highest BCUT2D eigenvalue weighted by Gasteiger charge is 2.91. The normalized spacial score (nSPS) is 13.5. The maximum atomic E-state index is 13.5. The van der Waals surface area contributed by atoms with Gasteiger partial charge in [-0.3, -0.25) is 0 Å². The summed E-state index contributed by atoms with van der Waals surface area (Å²) in [5.74, 6) is -31.2. The first kappa shape index (κ1) is 60.5. The van der Waals surface area contributed by atoms with E-state index in [-0.39, 0.29) is 46.2 Å². The van der Waals surface area contributed by atoms with E-state index in [1.807, 2.05) is 0 Å². The summed E-state index contributed by atoms with van der Waals surface area (Å²) in [5, 5.41) is 8.57. The van der Waals surface area contributed by atoms with Crippen LogP contribution in [0.3, 0.4) is 0 Å². The lowest BCUT2D eigenvalue weighted by molar-refractivity contribution is -0.466. The van der Waals surface area contributed by atoms with E-state index in [1.165, 1.54) is 0 Å². The number of aliphatic hydroxyl groups is 1. The lowest BCUT2D eigenvalue weighted by Gasteiger charge is -2.39. The molecular formula is C34H57F13O15. The molecule has 0 amide bonds. The SMILES string of the molecule is OCCOCCOCCOCCOCCOCCOCCOCCOCCOCCOCCOCCOCCOCCOC(F)(F)C(F)(F)C(F)(F)C(F)(F)C(F)(F)C(F)(F)F. The Balaban J connectivity index is 3.51. The number of ether oxygens (including phenoxy) is 14. The summed E-state index contributed by atoms with van der Waals surface area (Å²) in [6.45, 7) is 4.50. The van der Waals surface area contributed by atoms with Crippen LogP contribution in [0.15, 0.2) is 0 Å². The third kappa shape index (κ3) is 25.3. The first-order chi connectivity index (χ1) is 29.3. The Morgan fingerprint density at radius 2 is 0.403 bits per heavy atom. The van der Waals surface area contributed by atoms with Gasteiger partial charge < -0.3 is 71.4 Å². The molecule has 0 heterocycles. The van der Waals surface area contributed by atoms with E-state index in [1.54, 1.807) is 0 Å². The van der Waals surface area contributed by atoms with Crippen molar-refractivity contribution in [3.8, 4) is 0 Å². The fourth-order valence-electron chi connectivity index (χ4n) is 3.88. The first-order valence-electron chi connectivity index (χ1n) is 19.0. The van der Waals surface area contributed by atoms with E-state index in [0.29, 0.717) is 119 Å². The molecule has 0 saturated heterocycles. The zero-order valence-corrected chi connectivity index (χ0v) is 33.9. The summed E-state index contributed by atoms with van der Waals surface area (Å²) in [7, 11) is 0. The number of aliphatic hydroxyl groups excluding tert-OH is 1. The zero-order chi connectivity index (χ0) is 46.7. The molecule has 0 radical (unpaired) electrons. The Hall–Kier alpha value is -1.51. The van der Waals surface area contributed by atoms with Gasteiger partial charge in [0.05, 0.1) is 185 Å². The predicted molar refractivity (Wildman–Crippen MR) is 184 cm³/mol. The minimum atomic E-state index is -7.99. The molecule has 0 aromatic rings. The Kier molecular flexibility index (Phi) is 33.9. The van der Waals surface area contributed by atoms with Crippen LogP contribution in [0.25, 0.3) is 0 Å². The second kappa shape index (κ2) is 34.8. The predicted octanol–water partition coefficient (Wildman–Crippen LogP) is 3.91. The molecule has 374 valence electrons. The molecule has 0 spiro atoms. The van der Waals surface area contributed by atoms with Crippen molar-refractivity contribution in [1.29, 1.82) is 0 Å². The molecule has 0 aliphatic carbocycles. The molecule has 62 heavy (non-hydrogen) atoms. The van der Waals surface area contributed by atoms with Crippen LogP contribution in [-0.2, 0) is 66.3 Å². The number of halogens is 13. The zero-order valence-electron chi connectivity index (χ0n) is 33.9. The molecule has 1 N–H and O–H groups in total. The Bertz CT molecular complexity index is 1040. The maximum absolute atomic E-state index is 13.5. The molecule has 0 saturated carbocycles. The van der Waals surface area contributed by atoms with E-state index in [9.17, 15) is 57.1 Å². The molecule has 0 unspecified atom stereocenters. The first-order valence-corrected chi connectivity index (χ1v) is 19.0. The minimum absolute atomic E-state index is 0.00644. The van der Waals surface area contributed by atoms with Crippen molar-refractivity contribution in [1.82, 2.24) is 0 Å². The molecule has 0 aliphatic heterocycles. The van der Waals surface area contributed by atoms with Gasteiger partial charge in [-0.2, -0.15) is 57.1 Å². The highest BCUT2D eigenvalue weighted by Crippen LogP contribution is 2.60. The molecule has 0 rings (SSSR count). The average Bonchev–Trinajstić information content (AvgIpc) is 3.20. The van der Waals surface area contributed by atoms with Crippen LogP contribution in [0.1, 0.15) is 0 Å². The number of rotatable bonds is 46. The molecular weight excluding hydrogens is 895 g/mol. The van der Waals surface area contributed by atoms with Crippen molar-refractivity contribution >= 4 is 0 Å². The second-order valence-electron chi connectivity index (χ2n) is 11.8. The summed E-state index contributed by atoms with van der Waals surface area (Å²) in [6.07, 6.45) is -14.1. The molecule has 0 fully saturated rings. The van der Waals surface area contributed by atoms with E-state index < -0.39 is 55.8 Å². The van der Waals surface area contributed by atoms with Crippen LogP contribution >= 0.6 is 0 Å². The van der Waals surface area contributed by atoms with E-state index in [4.69, 9.17) is 61.9 Å². The molecule has 28 heteroatoms. The van der Waals surface area contributed by atoms with E-state index in [0.717, 1.165) is 0 Å². The van der Waals surface area contributed by atoms with Gasteiger partial charge in [0.15, 0.2) is 0 Å². The number of hydrogen-bond donors (Lipinski definition) is 1. The maximum Gasteiger partial charge on any atom is 0.460 e. The van der Waals surface area contributed by atoms with Crippen molar-refractivity contribution in [3.63, 3.8) is 0 Å². The van der Waals surface area contributed by atoms with Crippen molar-refractivity contribution in [2.24, 2.45) is 0 Å². The van der Waals surface area contributed by atoms with E-state index >= 15 is 0 Å². The highest BCUT2D eigenvalue weighted by atomic mass is 19.4. The fourth-order valence-corrected chi connectivity index (χ4v) is 3.88. The van der Waals surface area contributed by atoms with Gasteiger partial charge in [0.25, 0.3) is 0 Å². The quantitative estimate of drug-likeness (QED) is 0.0694. The molecule has 0 bridgehead atoms. The van der Waals surface area contributed by atoms with Gasteiger partial charge in [-0.1, -0.05) is 0 Å². The summed E-state index contributed by atoms with van der Waals surface area (Å²) in [4.78, 5) is 0. The molecule has 0 aromatic heterocycles. The third-order valence-corrected chi connectivity index (χ3v) is 7.12. The highest BCUT2D eigenvalue weighted by molar-refractivity contribution is 5.08. The number of alkyl halides is 13. The van der Waals surface area contributed by atoms with Gasteiger partial charge in [0, 0.05) is 0 Å².